The van der Waals surface area contributed by atoms with Gasteiger partial charge in [-0.15, -0.1) is 5.10 Å². The number of nitrogens with zero attached hydrogens (tertiary/aromatic N) is 7. The molecule has 4 aromatic heterocycles. The number of amides is 4. The molecule has 0 aliphatic heterocycles. The van der Waals surface area contributed by atoms with Gasteiger partial charge in [0.1, 0.15) is 28.9 Å². The summed E-state index contributed by atoms with van der Waals surface area (Å²) in [5, 5.41) is 41.3. The zero-order valence-corrected chi connectivity index (χ0v) is 53.9. The van der Waals surface area contributed by atoms with Crippen LogP contribution in [-0.4, -0.2) is 185 Å². The Kier molecular flexibility index (Phi) is 28.0. The smallest absolute Gasteiger partial charge is 0.328 e. The molecule has 6 aromatic rings. The van der Waals surface area contributed by atoms with Crippen molar-refractivity contribution in [1.82, 2.24) is 55.9 Å². The average Bonchev–Trinajstić information content (AvgIpc) is 1.66. The number of carbonyl (C=O) groups is 5. The molecule has 2 atom stereocenters. The van der Waals surface area contributed by atoms with Crippen molar-refractivity contribution in [2.45, 2.75) is 123 Å². The van der Waals surface area contributed by atoms with Gasteiger partial charge in [-0.05, 0) is 133 Å². The molecule has 0 spiro atoms. The molecule has 27 heteroatoms. The molecular formula is C66H90N12O15. The Hall–Kier alpha value is -8.18. The molecule has 2 aliphatic carbocycles. The number of carboxylic acids is 1. The summed E-state index contributed by atoms with van der Waals surface area (Å²) in [6.45, 7) is 15.2. The molecule has 2 aliphatic rings. The average molecular weight is 1290 g/mol. The van der Waals surface area contributed by atoms with Crippen LogP contribution in [0.15, 0.2) is 85.3 Å². The summed E-state index contributed by atoms with van der Waals surface area (Å²) in [7, 11) is 0. The summed E-state index contributed by atoms with van der Waals surface area (Å²) in [5.41, 5.74) is 5.44. The van der Waals surface area contributed by atoms with Gasteiger partial charge in [-0.25, -0.2) is 9.78 Å². The normalized spacial score (nSPS) is 13.8. The molecule has 1 unspecified atom stereocenters. The van der Waals surface area contributed by atoms with Crippen LogP contribution in [-0.2, 0) is 67.2 Å². The highest BCUT2D eigenvalue weighted by molar-refractivity contribution is 6.01. The maximum atomic E-state index is 14.0. The van der Waals surface area contributed by atoms with E-state index in [0.29, 0.717) is 121 Å². The lowest BCUT2D eigenvalue weighted by Crippen LogP contribution is -2.50. The van der Waals surface area contributed by atoms with Crippen LogP contribution in [0.1, 0.15) is 110 Å². The Morgan fingerprint density at radius 2 is 1.38 bits per heavy atom. The summed E-state index contributed by atoms with van der Waals surface area (Å²) in [6.07, 6.45) is 12.8. The number of pyridine rings is 1. The fourth-order valence-corrected chi connectivity index (χ4v) is 10.3. The molecule has 0 saturated heterocycles. The number of nitrogens with one attached hydrogen (secondary N) is 5. The number of hydrogen-bond donors (Lipinski definition) is 6. The fraction of sp³-hybridized carbons (Fsp3) is 0.545. The monoisotopic (exact) mass is 1290 g/mol. The van der Waals surface area contributed by atoms with Crippen LogP contribution in [0.2, 0.25) is 0 Å². The number of aliphatic carboxylic acids is 1. The minimum absolute atomic E-state index is 0.105. The van der Waals surface area contributed by atoms with Crippen LogP contribution >= 0.6 is 0 Å². The summed E-state index contributed by atoms with van der Waals surface area (Å²) in [6, 6.07) is 17.2. The van der Waals surface area contributed by atoms with E-state index in [-0.39, 0.29) is 54.8 Å². The van der Waals surface area contributed by atoms with Crippen molar-refractivity contribution in [1.29, 1.82) is 0 Å². The highest BCUT2D eigenvalue weighted by Crippen LogP contribution is 2.51. The van der Waals surface area contributed by atoms with Gasteiger partial charge in [0.2, 0.25) is 11.8 Å². The van der Waals surface area contributed by atoms with Crippen LogP contribution in [0, 0.1) is 31.6 Å². The molecule has 2 aromatic carbocycles. The molecule has 8 rings (SSSR count). The Morgan fingerprint density at radius 1 is 0.731 bits per heavy atom. The maximum absolute atomic E-state index is 14.0. The van der Waals surface area contributed by atoms with Gasteiger partial charge in [0.25, 0.3) is 17.7 Å². The van der Waals surface area contributed by atoms with Gasteiger partial charge in [-0.1, -0.05) is 36.3 Å². The summed E-state index contributed by atoms with van der Waals surface area (Å²) >= 11 is 0. The standard InChI is InChI=1S/C66H90N12O15/c1-45-59(46(2)74-73-45)47-17-20-51(21-18-47)70-64(82)61(60(48-13-14-48)49-15-16-49)72-63(81)56-23-24-69-78(56)27-9-7-6-8-26-77-41-52(75-76-77)42-90-38-37-89-36-35-88-34-33-87-32-31-86-30-29-85-28-25-67-57(79)44-91-53-11-10-12-54(39-53)93-58-22-19-50(40-68-58)62(80)71-55(65(83)84)43-92-66(3,4)5/h10-12,17-24,39-41,48-49,55,60-61H,6-9,13-16,25-38,42-44H2,1-5H3,(H,67,79)(H,70,82)(H,71,80)(H,72,81)(H,73,74)(H,83,84)/t55-,61?/m0/s1. The second kappa shape index (κ2) is 36.9. The van der Waals surface area contributed by atoms with Gasteiger partial charge >= 0.3 is 5.97 Å². The number of aromatic nitrogens is 8. The molecule has 0 bridgehead atoms. The minimum atomic E-state index is -1.24. The third-order valence-corrected chi connectivity index (χ3v) is 15.3. The molecule has 2 fully saturated rings. The van der Waals surface area contributed by atoms with E-state index in [2.05, 4.69) is 51.9 Å². The SMILES string of the molecule is Cc1n[nH]c(C)c1-c1ccc(NC(=O)C(NC(=O)c2ccnn2CCCCCCn2cc(COCCOCCOCCOCCOCCOCCNC(=O)COc3cccc(Oc4ccc(C(=O)N[C@@H](COC(C)(C)C)C(=O)O)cn4)c3)nn2)C(C2CC2)C2CC2)cc1. The maximum Gasteiger partial charge on any atom is 0.328 e. The van der Waals surface area contributed by atoms with Gasteiger partial charge in [0.05, 0.1) is 109 Å². The number of carboxylic acid groups (broad SMARTS) is 1. The lowest BCUT2D eigenvalue weighted by atomic mass is 9.88. The number of aryl methyl sites for hydroxylation is 4. The number of anilines is 1. The first-order valence-corrected chi connectivity index (χ1v) is 32.0. The lowest BCUT2D eigenvalue weighted by Gasteiger charge is -2.27. The van der Waals surface area contributed by atoms with Crippen molar-refractivity contribution < 1.29 is 71.7 Å². The number of benzene rings is 2. The molecule has 0 radical (unpaired) electrons. The van der Waals surface area contributed by atoms with E-state index in [4.69, 9.17) is 42.6 Å². The number of ether oxygens (including phenoxy) is 9. The van der Waals surface area contributed by atoms with Gasteiger partial charge < -0.3 is 69.0 Å². The largest absolute Gasteiger partial charge is 0.484 e. The lowest BCUT2D eigenvalue weighted by molar-refractivity contribution is -0.142. The van der Waals surface area contributed by atoms with E-state index in [1.165, 1.54) is 18.3 Å². The van der Waals surface area contributed by atoms with Crippen molar-refractivity contribution in [3.63, 3.8) is 0 Å². The molecule has 4 amide bonds. The molecule has 6 N–H and O–H groups in total. The Morgan fingerprint density at radius 3 is 1.99 bits per heavy atom. The quantitative estimate of drug-likeness (QED) is 0.0212. The highest BCUT2D eigenvalue weighted by Gasteiger charge is 2.48. The van der Waals surface area contributed by atoms with Gasteiger partial charge in [0.15, 0.2) is 12.6 Å². The van der Waals surface area contributed by atoms with Crippen LogP contribution in [0.25, 0.3) is 11.1 Å². The Labute approximate surface area is 542 Å². The zero-order valence-electron chi connectivity index (χ0n) is 53.9. The second-order valence-electron chi connectivity index (χ2n) is 23.9. The first-order valence-electron chi connectivity index (χ1n) is 32.0. The second-order valence-corrected chi connectivity index (χ2v) is 23.9. The van der Waals surface area contributed by atoms with Crippen LogP contribution in [0.3, 0.4) is 0 Å². The summed E-state index contributed by atoms with van der Waals surface area (Å²) in [5.74, 6) is -0.706. The van der Waals surface area contributed by atoms with Crippen LogP contribution in [0.4, 0.5) is 5.69 Å². The number of H-pyrrole nitrogens is 1. The fourth-order valence-electron chi connectivity index (χ4n) is 10.3. The number of aromatic amines is 1. The first-order chi connectivity index (χ1) is 45.1. The summed E-state index contributed by atoms with van der Waals surface area (Å²) < 4.78 is 54.1. The predicted octanol–water partition coefficient (Wildman–Crippen LogP) is 6.90. The molecule has 4 heterocycles. The molecule has 2 saturated carbocycles. The van der Waals surface area contributed by atoms with E-state index in [9.17, 15) is 29.1 Å². The zero-order chi connectivity index (χ0) is 65.8. The topological polar surface area (TPSA) is 327 Å². The van der Waals surface area contributed by atoms with Gasteiger partial charge in [0, 0.05) is 61.1 Å². The minimum Gasteiger partial charge on any atom is -0.484 e. The van der Waals surface area contributed by atoms with E-state index in [1.807, 2.05) is 49.0 Å². The first kappa shape index (κ1) is 70.7. The molecule has 93 heavy (non-hydrogen) atoms. The van der Waals surface area contributed by atoms with E-state index in [1.54, 1.807) is 62.0 Å². The van der Waals surface area contributed by atoms with E-state index < -0.39 is 29.6 Å². The Bertz CT molecular complexity index is 3240. The highest BCUT2D eigenvalue weighted by atomic mass is 16.6. The predicted molar refractivity (Wildman–Crippen MR) is 341 cm³/mol. The third kappa shape index (κ3) is 24.7. The van der Waals surface area contributed by atoms with Crippen LogP contribution < -0.4 is 30.7 Å². The van der Waals surface area contributed by atoms with Crippen molar-refractivity contribution in [2.75, 3.05) is 97.8 Å². The van der Waals surface area contributed by atoms with Gasteiger partial charge in [-0.2, -0.15) is 10.2 Å². The number of rotatable bonds is 45. The third-order valence-electron chi connectivity index (χ3n) is 15.3. The van der Waals surface area contributed by atoms with Crippen molar-refractivity contribution >= 4 is 35.3 Å². The van der Waals surface area contributed by atoms with Crippen molar-refractivity contribution in [2.24, 2.45) is 17.8 Å². The number of carbonyl (C=O) groups excluding carboxylic acids is 4. The molecule has 504 valence electrons. The molecule has 27 nitrogen and oxygen atoms in total. The van der Waals surface area contributed by atoms with E-state index in [0.717, 1.165) is 86.1 Å². The summed E-state index contributed by atoms with van der Waals surface area (Å²) in [4.78, 5) is 68.7. The number of hydrogen-bond acceptors (Lipinski definition) is 19. The number of unbranched alkanes of at least 4 members (excludes halogenated alkanes) is 3. The van der Waals surface area contributed by atoms with Gasteiger partial charge in [-0.3, -0.25) is 33.6 Å². The molecular weight excluding hydrogens is 1200 g/mol. The Balaban J connectivity index is 0.572. The van der Waals surface area contributed by atoms with Crippen molar-refractivity contribution in [3.05, 3.63) is 114 Å². The van der Waals surface area contributed by atoms with E-state index >= 15 is 0 Å². The van der Waals surface area contributed by atoms with Crippen molar-refractivity contribution in [3.8, 4) is 28.5 Å². The van der Waals surface area contributed by atoms with Crippen LogP contribution in [0.5, 0.6) is 17.4 Å².